The summed E-state index contributed by atoms with van der Waals surface area (Å²) in [5, 5.41) is 20.2. The third-order valence-electron chi connectivity index (χ3n) is 3.07. The largest absolute Gasteiger partial charge is 0.481 e. The van der Waals surface area contributed by atoms with E-state index in [0.717, 1.165) is 0 Å². The Labute approximate surface area is 128 Å². The molecular weight excluding hydrogens is 292 g/mol. The maximum Gasteiger partial charge on any atom is 0.308 e. The molecule has 1 rings (SSSR count). The fourth-order valence-corrected chi connectivity index (χ4v) is 2.58. The zero-order valence-electron chi connectivity index (χ0n) is 12.7. The molecule has 0 radical (unpaired) electrons. The van der Waals surface area contributed by atoms with Crippen molar-refractivity contribution in [1.29, 1.82) is 0 Å². The van der Waals surface area contributed by atoms with Crippen LogP contribution in [0.1, 0.15) is 33.7 Å². The Morgan fingerprint density at radius 1 is 1.38 bits per heavy atom. The van der Waals surface area contributed by atoms with Crippen LogP contribution in [0.5, 0.6) is 0 Å². The van der Waals surface area contributed by atoms with Crippen LogP contribution >= 0.6 is 11.8 Å². The number of carbonyl (C=O) groups excluding carboxylic acids is 1. The van der Waals surface area contributed by atoms with Crippen LogP contribution < -0.4 is 5.32 Å². The van der Waals surface area contributed by atoms with Gasteiger partial charge in [-0.05, 0) is 19.8 Å². The van der Waals surface area contributed by atoms with Gasteiger partial charge in [0.05, 0.1) is 11.7 Å². The number of carbonyl (C=O) groups is 2. The lowest BCUT2D eigenvalue weighted by atomic mass is 9.96. The van der Waals surface area contributed by atoms with E-state index in [1.165, 1.54) is 11.8 Å². The second-order valence-corrected chi connectivity index (χ2v) is 6.34. The summed E-state index contributed by atoms with van der Waals surface area (Å²) < 4.78 is 1.88. The molecule has 0 spiro atoms. The lowest BCUT2D eigenvalue weighted by Crippen LogP contribution is -2.36. The van der Waals surface area contributed by atoms with Crippen molar-refractivity contribution >= 4 is 23.6 Å². The molecule has 0 saturated carbocycles. The number of carboxylic acid groups (broad SMARTS) is 1. The Balaban J connectivity index is 2.44. The molecule has 1 heterocycles. The van der Waals surface area contributed by atoms with E-state index in [0.29, 0.717) is 5.16 Å². The highest BCUT2D eigenvalue weighted by Gasteiger charge is 2.22. The van der Waals surface area contributed by atoms with Crippen molar-refractivity contribution in [2.24, 2.45) is 11.8 Å². The SMILES string of the molecule is CC(C)C(CNC(=O)CSc1nncn1C(C)C)C(=O)O. The van der Waals surface area contributed by atoms with Gasteiger partial charge >= 0.3 is 5.97 Å². The highest BCUT2D eigenvalue weighted by molar-refractivity contribution is 7.99. The molecule has 2 N–H and O–H groups in total. The maximum atomic E-state index is 11.8. The molecule has 8 heteroatoms. The molecule has 1 atom stereocenters. The molecule has 0 aliphatic heterocycles. The maximum absolute atomic E-state index is 11.8. The van der Waals surface area contributed by atoms with Crippen molar-refractivity contribution in [1.82, 2.24) is 20.1 Å². The van der Waals surface area contributed by atoms with Gasteiger partial charge in [-0.3, -0.25) is 9.59 Å². The second-order valence-electron chi connectivity index (χ2n) is 5.40. The van der Waals surface area contributed by atoms with Gasteiger partial charge in [0.15, 0.2) is 5.16 Å². The number of nitrogens with zero attached hydrogens (tertiary/aromatic N) is 3. The van der Waals surface area contributed by atoms with Crippen LogP contribution in [-0.2, 0) is 9.59 Å². The number of aromatic nitrogens is 3. The molecule has 1 unspecified atom stereocenters. The van der Waals surface area contributed by atoms with E-state index in [4.69, 9.17) is 5.11 Å². The van der Waals surface area contributed by atoms with E-state index in [-0.39, 0.29) is 30.2 Å². The van der Waals surface area contributed by atoms with E-state index in [1.54, 1.807) is 6.33 Å². The summed E-state index contributed by atoms with van der Waals surface area (Å²) in [6.45, 7) is 7.81. The summed E-state index contributed by atoms with van der Waals surface area (Å²) in [6, 6.07) is 0.225. The third-order valence-corrected chi connectivity index (χ3v) is 4.03. The Morgan fingerprint density at radius 2 is 2.05 bits per heavy atom. The van der Waals surface area contributed by atoms with E-state index in [9.17, 15) is 9.59 Å². The molecule has 1 aromatic rings. The lowest BCUT2D eigenvalue weighted by molar-refractivity contribution is -0.143. The van der Waals surface area contributed by atoms with Crippen molar-refractivity contribution in [2.75, 3.05) is 12.3 Å². The summed E-state index contributed by atoms with van der Waals surface area (Å²) >= 11 is 1.29. The highest BCUT2D eigenvalue weighted by Crippen LogP contribution is 2.18. The fourth-order valence-electron chi connectivity index (χ4n) is 1.70. The van der Waals surface area contributed by atoms with Crippen LogP contribution in [0.3, 0.4) is 0 Å². The second kappa shape index (κ2) is 8.02. The molecule has 0 bridgehead atoms. The first-order chi connectivity index (χ1) is 9.82. The van der Waals surface area contributed by atoms with Gasteiger partial charge in [0.2, 0.25) is 5.91 Å². The van der Waals surface area contributed by atoms with Gasteiger partial charge in [0.1, 0.15) is 6.33 Å². The Morgan fingerprint density at radius 3 is 2.57 bits per heavy atom. The van der Waals surface area contributed by atoms with Gasteiger partial charge in [-0.2, -0.15) is 0 Å². The van der Waals surface area contributed by atoms with Crippen LogP contribution in [0.2, 0.25) is 0 Å². The number of hydrogen-bond acceptors (Lipinski definition) is 5. The van der Waals surface area contributed by atoms with Gasteiger partial charge in [-0.25, -0.2) is 0 Å². The smallest absolute Gasteiger partial charge is 0.308 e. The van der Waals surface area contributed by atoms with Crippen LogP contribution in [0.4, 0.5) is 0 Å². The quantitative estimate of drug-likeness (QED) is 0.704. The van der Waals surface area contributed by atoms with Crippen molar-refractivity contribution in [3.8, 4) is 0 Å². The van der Waals surface area contributed by atoms with Gasteiger partial charge < -0.3 is 15.0 Å². The molecule has 0 fully saturated rings. The van der Waals surface area contributed by atoms with Crippen LogP contribution in [0, 0.1) is 11.8 Å². The van der Waals surface area contributed by atoms with Crippen LogP contribution in [0.25, 0.3) is 0 Å². The molecule has 1 aromatic heterocycles. The Bertz CT molecular complexity index is 488. The molecular formula is C13H22N4O3S. The fraction of sp³-hybridized carbons (Fsp3) is 0.692. The minimum atomic E-state index is -0.891. The molecule has 7 nitrogen and oxygen atoms in total. The molecule has 1 amide bonds. The summed E-state index contributed by atoms with van der Waals surface area (Å²) in [6.07, 6.45) is 1.63. The molecule has 118 valence electrons. The van der Waals surface area contributed by atoms with Gasteiger partial charge in [0.25, 0.3) is 0 Å². The number of amides is 1. The first kappa shape index (κ1) is 17.5. The third kappa shape index (κ3) is 5.37. The Kier molecular flexibility index (Phi) is 6.67. The zero-order valence-corrected chi connectivity index (χ0v) is 13.6. The van der Waals surface area contributed by atoms with Gasteiger partial charge in [-0.15, -0.1) is 10.2 Å². The van der Waals surface area contributed by atoms with Gasteiger partial charge in [0, 0.05) is 12.6 Å². The molecule has 0 saturated heterocycles. The number of hydrogen-bond donors (Lipinski definition) is 2. The number of aliphatic carboxylic acids is 1. The summed E-state index contributed by atoms with van der Waals surface area (Å²) in [5.41, 5.74) is 0. The van der Waals surface area contributed by atoms with Crippen LogP contribution in [-0.4, -0.2) is 44.0 Å². The number of thioether (sulfide) groups is 1. The highest BCUT2D eigenvalue weighted by atomic mass is 32.2. The van der Waals surface area contributed by atoms with Crippen molar-refractivity contribution < 1.29 is 14.7 Å². The summed E-state index contributed by atoms with van der Waals surface area (Å²) in [7, 11) is 0. The minimum Gasteiger partial charge on any atom is -0.481 e. The van der Waals surface area contributed by atoms with Crippen molar-refractivity contribution in [3.05, 3.63) is 6.33 Å². The van der Waals surface area contributed by atoms with E-state index < -0.39 is 11.9 Å². The predicted molar refractivity (Wildman–Crippen MR) is 80.1 cm³/mol. The van der Waals surface area contributed by atoms with E-state index >= 15 is 0 Å². The topological polar surface area (TPSA) is 97.1 Å². The summed E-state index contributed by atoms with van der Waals surface area (Å²) in [5.74, 6) is -1.50. The first-order valence-corrected chi connectivity index (χ1v) is 7.83. The van der Waals surface area contributed by atoms with Crippen molar-refractivity contribution in [3.63, 3.8) is 0 Å². The first-order valence-electron chi connectivity index (χ1n) is 6.84. The number of nitrogens with one attached hydrogen (secondary N) is 1. The number of rotatable bonds is 8. The molecule has 21 heavy (non-hydrogen) atoms. The average Bonchev–Trinajstić information content (AvgIpc) is 2.84. The van der Waals surface area contributed by atoms with E-state index in [2.05, 4.69) is 15.5 Å². The predicted octanol–water partition coefficient (Wildman–Crippen LogP) is 1.42. The lowest BCUT2D eigenvalue weighted by Gasteiger charge is -2.16. The minimum absolute atomic E-state index is 0.0282. The monoisotopic (exact) mass is 314 g/mol. The van der Waals surface area contributed by atoms with Gasteiger partial charge in [-0.1, -0.05) is 25.6 Å². The Hall–Kier alpha value is -1.57. The van der Waals surface area contributed by atoms with Crippen molar-refractivity contribution in [2.45, 2.75) is 38.9 Å². The zero-order chi connectivity index (χ0) is 16.0. The van der Waals surface area contributed by atoms with E-state index in [1.807, 2.05) is 32.3 Å². The average molecular weight is 314 g/mol. The normalized spacial score (nSPS) is 12.7. The van der Waals surface area contributed by atoms with Crippen LogP contribution in [0.15, 0.2) is 11.5 Å². The number of carboxylic acids is 1. The standard InChI is InChI=1S/C13H22N4O3S/c1-8(2)10(12(19)20)5-14-11(18)6-21-13-16-15-7-17(13)9(3)4/h7-10H,5-6H2,1-4H3,(H,14,18)(H,19,20). The summed E-state index contributed by atoms with van der Waals surface area (Å²) in [4.78, 5) is 22.8. The molecule has 0 aliphatic rings. The molecule has 0 aliphatic carbocycles. The molecule has 0 aromatic carbocycles.